The molecule has 1 aromatic heterocycles. The number of aromatic nitrogens is 2. The number of halogens is 1. The van der Waals surface area contributed by atoms with E-state index >= 15 is 0 Å². The number of amides is 1. The van der Waals surface area contributed by atoms with Crippen molar-refractivity contribution in [1.82, 2.24) is 15.1 Å². The van der Waals surface area contributed by atoms with Crippen LogP contribution in [0.5, 0.6) is 5.75 Å². The Labute approximate surface area is 208 Å². The lowest BCUT2D eigenvalue weighted by Gasteiger charge is -2.23. The summed E-state index contributed by atoms with van der Waals surface area (Å²) in [7, 11) is 0. The fourth-order valence-corrected chi connectivity index (χ4v) is 4.10. The molecular formula is C25H28FN7O3. The summed E-state index contributed by atoms with van der Waals surface area (Å²) in [5.41, 5.74) is 13.9. The Morgan fingerprint density at radius 2 is 2.08 bits per heavy atom. The zero-order valence-corrected chi connectivity index (χ0v) is 20.0. The molecule has 0 radical (unpaired) electrons. The fourth-order valence-electron chi connectivity index (χ4n) is 4.10. The Morgan fingerprint density at radius 3 is 2.72 bits per heavy atom. The van der Waals surface area contributed by atoms with Gasteiger partial charge in [-0.05, 0) is 36.6 Å². The zero-order chi connectivity index (χ0) is 25.7. The standard InChI is InChI=1S/C25H28FN7O3/c1-2-17-5-6-20(32-8-7-19(28)13-32)10-22(17)35-15-24(34)33(14-23-30-31-25(29)36-23)12-18-4-3-16(11-27)9-21(18)26/h3-6,9-10,19H,2,7-8,12-15,28H2,1H3,(H2,29,31)/t19-/m1/s1. The summed E-state index contributed by atoms with van der Waals surface area (Å²) in [6.07, 6.45) is 1.65. The number of carbonyl (C=O) groups is 1. The van der Waals surface area contributed by atoms with Crippen molar-refractivity contribution in [3.8, 4) is 11.8 Å². The van der Waals surface area contributed by atoms with Gasteiger partial charge in [0.05, 0.1) is 18.2 Å². The van der Waals surface area contributed by atoms with E-state index in [9.17, 15) is 9.18 Å². The minimum absolute atomic E-state index is 0.0851. The molecule has 11 heteroatoms. The second-order valence-electron chi connectivity index (χ2n) is 8.63. The number of aryl methyl sites for hydroxylation is 1. The van der Waals surface area contributed by atoms with Gasteiger partial charge in [0.1, 0.15) is 11.6 Å². The summed E-state index contributed by atoms with van der Waals surface area (Å²) < 4.78 is 25.8. The summed E-state index contributed by atoms with van der Waals surface area (Å²) in [4.78, 5) is 16.8. The van der Waals surface area contributed by atoms with Gasteiger partial charge < -0.3 is 30.4 Å². The largest absolute Gasteiger partial charge is 0.483 e. The van der Waals surface area contributed by atoms with Crippen molar-refractivity contribution >= 4 is 17.6 Å². The summed E-state index contributed by atoms with van der Waals surface area (Å²) in [5.74, 6) is -0.291. The molecule has 1 saturated heterocycles. The molecule has 3 aromatic rings. The Morgan fingerprint density at radius 1 is 1.28 bits per heavy atom. The van der Waals surface area contributed by atoms with Crippen LogP contribution in [0.3, 0.4) is 0 Å². The maximum atomic E-state index is 14.6. The highest BCUT2D eigenvalue weighted by Gasteiger charge is 2.22. The molecule has 188 valence electrons. The number of benzene rings is 2. The second kappa shape index (κ2) is 11.0. The van der Waals surface area contributed by atoms with Gasteiger partial charge >= 0.3 is 6.01 Å². The average molecular weight is 494 g/mol. The lowest BCUT2D eigenvalue weighted by Crippen LogP contribution is -2.34. The van der Waals surface area contributed by atoms with Gasteiger partial charge in [-0.2, -0.15) is 5.26 Å². The van der Waals surface area contributed by atoms with Crippen molar-refractivity contribution < 1.29 is 18.3 Å². The van der Waals surface area contributed by atoms with Crippen molar-refractivity contribution in [2.45, 2.75) is 38.9 Å². The van der Waals surface area contributed by atoms with Crippen LogP contribution in [0.2, 0.25) is 0 Å². The van der Waals surface area contributed by atoms with Crippen LogP contribution in [0.25, 0.3) is 0 Å². The number of rotatable bonds is 9. The number of ether oxygens (including phenoxy) is 1. The number of nitrogens with zero attached hydrogens (tertiary/aromatic N) is 5. The second-order valence-corrected chi connectivity index (χ2v) is 8.63. The molecule has 10 nitrogen and oxygen atoms in total. The molecule has 1 aliphatic rings. The minimum atomic E-state index is -0.595. The third kappa shape index (κ3) is 5.90. The monoisotopic (exact) mass is 493 g/mol. The number of carbonyl (C=O) groups excluding carboxylic acids is 1. The van der Waals surface area contributed by atoms with Crippen LogP contribution >= 0.6 is 0 Å². The van der Waals surface area contributed by atoms with Gasteiger partial charge in [-0.25, -0.2) is 4.39 Å². The van der Waals surface area contributed by atoms with Crippen LogP contribution in [-0.4, -0.2) is 46.7 Å². The topological polar surface area (TPSA) is 148 Å². The molecule has 1 fully saturated rings. The normalized spacial score (nSPS) is 15.1. The van der Waals surface area contributed by atoms with Gasteiger partial charge in [-0.15, -0.1) is 5.10 Å². The lowest BCUT2D eigenvalue weighted by molar-refractivity contribution is -0.135. The van der Waals surface area contributed by atoms with Crippen molar-refractivity contribution in [3.05, 3.63) is 64.8 Å². The number of nitriles is 1. The van der Waals surface area contributed by atoms with Gasteiger partial charge in [-0.1, -0.05) is 24.2 Å². The quantitative estimate of drug-likeness (QED) is 0.458. The predicted octanol–water partition coefficient (Wildman–Crippen LogP) is 2.37. The summed E-state index contributed by atoms with van der Waals surface area (Å²) in [5, 5.41) is 16.4. The van der Waals surface area contributed by atoms with Gasteiger partial charge in [0.2, 0.25) is 5.89 Å². The van der Waals surface area contributed by atoms with Crippen LogP contribution in [0.15, 0.2) is 40.8 Å². The molecule has 4 N–H and O–H groups in total. The highest BCUT2D eigenvalue weighted by atomic mass is 19.1. The Hall–Kier alpha value is -4.17. The molecule has 2 aromatic carbocycles. The van der Waals surface area contributed by atoms with Gasteiger partial charge in [0.15, 0.2) is 6.61 Å². The van der Waals surface area contributed by atoms with E-state index in [2.05, 4.69) is 15.1 Å². The molecule has 1 amide bonds. The Balaban J connectivity index is 1.51. The fraction of sp³-hybridized carbons (Fsp3) is 0.360. The molecule has 36 heavy (non-hydrogen) atoms. The van der Waals surface area contributed by atoms with E-state index in [0.29, 0.717) is 5.75 Å². The smallest absolute Gasteiger partial charge is 0.312 e. The molecular weight excluding hydrogens is 465 g/mol. The molecule has 2 heterocycles. The first-order valence-electron chi connectivity index (χ1n) is 11.7. The third-order valence-corrected chi connectivity index (χ3v) is 6.08. The van der Waals surface area contributed by atoms with E-state index in [-0.39, 0.29) is 48.8 Å². The van der Waals surface area contributed by atoms with Crippen molar-refractivity contribution in [1.29, 1.82) is 5.26 Å². The van der Waals surface area contributed by atoms with Crippen LogP contribution in [0, 0.1) is 17.1 Å². The van der Waals surface area contributed by atoms with E-state index in [1.54, 1.807) is 0 Å². The summed E-state index contributed by atoms with van der Waals surface area (Å²) in [6, 6.07) is 11.9. The SMILES string of the molecule is CCc1ccc(N2CC[C@@H](N)C2)cc1OCC(=O)N(Cc1nnc(N)o1)Cc1ccc(C#N)cc1F. The Kier molecular flexibility index (Phi) is 7.65. The highest BCUT2D eigenvalue weighted by Crippen LogP contribution is 2.28. The van der Waals surface area contributed by atoms with Gasteiger partial charge in [0.25, 0.3) is 5.91 Å². The molecule has 0 saturated carbocycles. The number of anilines is 2. The van der Waals surface area contributed by atoms with E-state index in [0.717, 1.165) is 43.2 Å². The maximum absolute atomic E-state index is 14.6. The molecule has 4 rings (SSSR count). The molecule has 1 atom stereocenters. The Bertz CT molecular complexity index is 1270. The maximum Gasteiger partial charge on any atom is 0.312 e. The molecule has 1 aliphatic heterocycles. The first-order chi connectivity index (χ1) is 17.4. The van der Waals surface area contributed by atoms with Crippen molar-refractivity contribution in [2.24, 2.45) is 5.73 Å². The number of nitrogens with two attached hydrogens (primary N) is 2. The van der Waals surface area contributed by atoms with E-state index in [1.165, 1.54) is 17.0 Å². The minimum Gasteiger partial charge on any atom is -0.483 e. The first kappa shape index (κ1) is 24.9. The highest BCUT2D eigenvalue weighted by molar-refractivity contribution is 5.78. The van der Waals surface area contributed by atoms with Gasteiger partial charge in [0, 0.05) is 43.0 Å². The van der Waals surface area contributed by atoms with Crippen LogP contribution < -0.4 is 21.1 Å². The molecule has 0 aliphatic carbocycles. The van der Waals surface area contributed by atoms with Gasteiger partial charge in [-0.3, -0.25) is 4.79 Å². The van der Waals surface area contributed by atoms with E-state index in [4.69, 9.17) is 25.9 Å². The third-order valence-electron chi connectivity index (χ3n) is 6.08. The van der Waals surface area contributed by atoms with Crippen LogP contribution in [0.4, 0.5) is 16.1 Å². The molecule has 0 spiro atoms. The number of hydrogen-bond acceptors (Lipinski definition) is 9. The number of nitrogen functional groups attached to an aromatic ring is 1. The van der Waals surface area contributed by atoms with Crippen LogP contribution in [0.1, 0.15) is 35.9 Å². The predicted molar refractivity (Wildman–Crippen MR) is 130 cm³/mol. The van der Waals surface area contributed by atoms with Crippen LogP contribution in [-0.2, 0) is 24.3 Å². The van der Waals surface area contributed by atoms with E-state index < -0.39 is 11.7 Å². The summed E-state index contributed by atoms with van der Waals surface area (Å²) >= 11 is 0. The van der Waals surface area contributed by atoms with Crippen molar-refractivity contribution in [3.63, 3.8) is 0 Å². The van der Waals surface area contributed by atoms with E-state index in [1.807, 2.05) is 31.2 Å². The average Bonchev–Trinajstić information content (AvgIpc) is 3.50. The first-order valence-corrected chi connectivity index (χ1v) is 11.7. The zero-order valence-electron chi connectivity index (χ0n) is 20.0. The lowest BCUT2D eigenvalue weighted by atomic mass is 10.1. The summed E-state index contributed by atoms with van der Waals surface area (Å²) in [6.45, 7) is 3.18. The molecule has 0 unspecified atom stereocenters. The molecule has 0 bridgehead atoms. The van der Waals surface area contributed by atoms with Crippen molar-refractivity contribution in [2.75, 3.05) is 30.3 Å². The number of hydrogen-bond donors (Lipinski definition) is 2.